The van der Waals surface area contributed by atoms with E-state index in [1.54, 1.807) is 0 Å². The third-order valence-corrected chi connectivity index (χ3v) is 4.16. The highest BCUT2D eigenvalue weighted by Crippen LogP contribution is 2.26. The highest BCUT2D eigenvalue weighted by Gasteiger charge is 2.23. The Labute approximate surface area is 127 Å². The van der Waals surface area contributed by atoms with Gasteiger partial charge in [-0.1, -0.05) is 32.4 Å². The Balaban J connectivity index is 2.09. The smallest absolute Gasteiger partial charge is 0.128 e. The van der Waals surface area contributed by atoms with E-state index in [9.17, 15) is 0 Å². The average molecular weight is 296 g/mol. The molecule has 0 aliphatic carbocycles. The Kier molecular flexibility index (Phi) is 5.67. The summed E-state index contributed by atoms with van der Waals surface area (Å²) < 4.78 is 0. The van der Waals surface area contributed by atoms with Gasteiger partial charge in [-0.15, -0.1) is 0 Å². The highest BCUT2D eigenvalue weighted by molar-refractivity contribution is 6.31. The van der Waals surface area contributed by atoms with Gasteiger partial charge in [0.25, 0.3) is 0 Å². The van der Waals surface area contributed by atoms with Gasteiger partial charge in [-0.25, -0.2) is 4.98 Å². The number of halogens is 1. The molecule has 112 valence electrons. The van der Waals surface area contributed by atoms with Crippen LogP contribution in [0.1, 0.15) is 39.3 Å². The minimum absolute atomic E-state index is 0.734. The molecule has 0 spiro atoms. The van der Waals surface area contributed by atoms with E-state index < -0.39 is 0 Å². The number of hydrogen-bond donors (Lipinski definition) is 1. The van der Waals surface area contributed by atoms with Crippen molar-refractivity contribution in [1.29, 1.82) is 0 Å². The van der Waals surface area contributed by atoms with E-state index in [1.807, 2.05) is 6.07 Å². The molecule has 0 bridgehead atoms. The zero-order chi connectivity index (χ0) is 14.5. The molecule has 2 heterocycles. The number of nitrogens with one attached hydrogen (secondary N) is 1. The van der Waals surface area contributed by atoms with Crippen molar-refractivity contribution in [2.75, 3.05) is 24.5 Å². The van der Waals surface area contributed by atoms with Crippen LogP contribution in [0.25, 0.3) is 0 Å². The SMILES string of the molecule is CCCNCc1nc(N2CC(C)CC(C)C2)ccc1Cl. The second-order valence-electron chi connectivity index (χ2n) is 6.13. The van der Waals surface area contributed by atoms with Gasteiger partial charge in [0, 0.05) is 19.6 Å². The molecular weight excluding hydrogens is 270 g/mol. The molecule has 1 fully saturated rings. The van der Waals surface area contributed by atoms with Crippen LogP contribution in [0.4, 0.5) is 5.82 Å². The second kappa shape index (κ2) is 7.28. The van der Waals surface area contributed by atoms with Crippen molar-refractivity contribution in [3.63, 3.8) is 0 Å². The predicted octanol–water partition coefficient (Wildman–Crippen LogP) is 3.72. The Morgan fingerprint density at radius 3 is 2.65 bits per heavy atom. The number of anilines is 1. The van der Waals surface area contributed by atoms with E-state index in [0.29, 0.717) is 0 Å². The van der Waals surface area contributed by atoms with E-state index in [1.165, 1.54) is 6.42 Å². The summed E-state index contributed by atoms with van der Waals surface area (Å²) in [7, 11) is 0. The first-order valence-corrected chi connectivity index (χ1v) is 8.09. The Hall–Kier alpha value is -0.800. The molecule has 1 aliphatic heterocycles. The summed E-state index contributed by atoms with van der Waals surface area (Å²) in [5.74, 6) is 2.54. The normalized spacial score (nSPS) is 23.1. The molecule has 0 amide bonds. The van der Waals surface area contributed by atoms with Crippen molar-refractivity contribution in [3.05, 3.63) is 22.8 Å². The van der Waals surface area contributed by atoms with Gasteiger partial charge in [0.05, 0.1) is 10.7 Å². The Bertz CT molecular complexity index is 426. The van der Waals surface area contributed by atoms with Gasteiger partial charge in [-0.3, -0.25) is 0 Å². The van der Waals surface area contributed by atoms with Gasteiger partial charge >= 0.3 is 0 Å². The van der Waals surface area contributed by atoms with Crippen LogP contribution in [0.15, 0.2) is 12.1 Å². The molecule has 1 N–H and O–H groups in total. The molecule has 0 saturated carbocycles. The molecular formula is C16H26ClN3. The largest absolute Gasteiger partial charge is 0.356 e. The van der Waals surface area contributed by atoms with Crippen LogP contribution in [0, 0.1) is 11.8 Å². The van der Waals surface area contributed by atoms with Crippen molar-refractivity contribution < 1.29 is 0 Å². The fourth-order valence-electron chi connectivity index (χ4n) is 3.01. The molecule has 0 radical (unpaired) electrons. The van der Waals surface area contributed by atoms with Crippen LogP contribution >= 0.6 is 11.6 Å². The summed E-state index contributed by atoms with van der Waals surface area (Å²) in [4.78, 5) is 7.17. The minimum Gasteiger partial charge on any atom is -0.356 e. The lowest BCUT2D eigenvalue weighted by atomic mass is 9.92. The molecule has 2 unspecified atom stereocenters. The predicted molar refractivity (Wildman–Crippen MR) is 86.4 cm³/mol. The van der Waals surface area contributed by atoms with E-state index >= 15 is 0 Å². The zero-order valence-electron chi connectivity index (χ0n) is 12.8. The standard InChI is InChI=1S/C16H26ClN3/c1-4-7-18-9-15-14(17)5-6-16(19-15)20-10-12(2)8-13(3)11-20/h5-6,12-13,18H,4,7-11H2,1-3H3. The van der Waals surface area contributed by atoms with Gasteiger partial charge in [0.15, 0.2) is 0 Å². The van der Waals surface area contributed by atoms with Gasteiger partial charge < -0.3 is 10.2 Å². The van der Waals surface area contributed by atoms with E-state index in [2.05, 4.69) is 37.1 Å². The van der Waals surface area contributed by atoms with Gasteiger partial charge in [0.2, 0.25) is 0 Å². The Morgan fingerprint density at radius 2 is 2.00 bits per heavy atom. The maximum absolute atomic E-state index is 6.25. The first kappa shape index (κ1) is 15.6. The van der Waals surface area contributed by atoms with Crippen LogP contribution in [0.2, 0.25) is 5.02 Å². The lowest BCUT2D eigenvalue weighted by Gasteiger charge is -2.36. The summed E-state index contributed by atoms with van der Waals surface area (Å²) in [6.07, 6.45) is 2.44. The molecule has 3 nitrogen and oxygen atoms in total. The molecule has 1 aromatic heterocycles. The summed E-state index contributed by atoms with van der Waals surface area (Å²) >= 11 is 6.25. The molecule has 4 heteroatoms. The zero-order valence-corrected chi connectivity index (χ0v) is 13.6. The average Bonchev–Trinajstić information content (AvgIpc) is 2.40. The van der Waals surface area contributed by atoms with Crippen LogP contribution in [-0.2, 0) is 6.54 Å². The van der Waals surface area contributed by atoms with Crippen molar-refractivity contribution in [1.82, 2.24) is 10.3 Å². The third kappa shape index (κ3) is 4.10. The van der Waals surface area contributed by atoms with Gasteiger partial charge in [-0.05, 0) is 43.4 Å². The number of aromatic nitrogens is 1. The summed E-state index contributed by atoms with van der Waals surface area (Å²) in [5, 5.41) is 4.13. The summed E-state index contributed by atoms with van der Waals surface area (Å²) in [6, 6.07) is 4.03. The van der Waals surface area contributed by atoms with E-state index in [0.717, 1.165) is 61.0 Å². The lowest BCUT2D eigenvalue weighted by molar-refractivity contribution is 0.355. The molecule has 2 atom stereocenters. The van der Waals surface area contributed by atoms with Crippen molar-refractivity contribution in [2.24, 2.45) is 11.8 Å². The van der Waals surface area contributed by atoms with Gasteiger partial charge in [0.1, 0.15) is 5.82 Å². The maximum atomic E-state index is 6.25. The topological polar surface area (TPSA) is 28.2 Å². The van der Waals surface area contributed by atoms with Crippen LogP contribution in [0.5, 0.6) is 0 Å². The number of pyridine rings is 1. The summed E-state index contributed by atoms with van der Waals surface area (Å²) in [6.45, 7) is 10.8. The number of piperidine rings is 1. The fraction of sp³-hybridized carbons (Fsp3) is 0.688. The monoisotopic (exact) mass is 295 g/mol. The molecule has 2 rings (SSSR count). The first-order chi connectivity index (χ1) is 9.60. The van der Waals surface area contributed by atoms with Crippen LogP contribution in [0.3, 0.4) is 0 Å². The van der Waals surface area contributed by atoms with Crippen molar-refractivity contribution >= 4 is 17.4 Å². The quantitative estimate of drug-likeness (QED) is 0.839. The molecule has 1 aliphatic rings. The van der Waals surface area contributed by atoms with Crippen molar-refractivity contribution in [2.45, 2.75) is 40.2 Å². The molecule has 0 aromatic carbocycles. The van der Waals surface area contributed by atoms with Crippen LogP contribution < -0.4 is 10.2 Å². The molecule has 1 aromatic rings. The Morgan fingerprint density at radius 1 is 1.30 bits per heavy atom. The number of hydrogen-bond acceptors (Lipinski definition) is 3. The molecule has 1 saturated heterocycles. The second-order valence-corrected chi connectivity index (χ2v) is 6.53. The lowest BCUT2D eigenvalue weighted by Crippen LogP contribution is -2.39. The maximum Gasteiger partial charge on any atom is 0.128 e. The van der Waals surface area contributed by atoms with E-state index in [-0.39, 0.29) is 0 Å². The van der Waals surface area contributed by atoms with Crippen LogP contribution in [-0.4, -0.2) is 24.6 Å². The van der Waals surface area contributed by atoms with Crippen molar-refractivity contribution in [3.8, 4) is 0 Å². The number of nitrogens with zero attached hydrogens (tertiary/aromatic N) is 2. The highest BCUT2D eigenvalue weighted by atomic mass is 35.5. The third-order valence-electron chi connectivity index (χ3n) is 3.82. The first-order valence-electron chi connectivity index (χ1n) is 7.71. The van der Waals surface area contributed by atoms with E-state index in [4.69, 9.17) is 16.6 Å². The number of rotatable bonds is 5. The molecule has 20 heavy (non-hydrogen) atoms. The fourth-order valence-corrected chi connectivity index (χ4v) is 3.18. The minimum atomic E-state index is 0.734. The summed E-state index contributed by atoms with van der Waals surface area (Å²) in [5.41, 5.74) is 0.962. The van der Waals surface area contributed by atoms with Gasteiger partial charge in [-0.2, -0.15) is 0 Å².